The lowest BCUT2D eigenvalue weighted by molar-refractivity contribution is -0.186. The number of amides is 2. The molecule has 0 aliphatic carbocycles. The summed E-state index contributed by atoms with van der Waals surface area (Å²) in [5.41, 5.74) is 6.07. The largest absolute Gasteiger partial charge is 0.444 e. The second kappa shape index (κ2) is 14.8. The number of rotatable bonds is 8. The maximum Gasteiger partial charge on any atom is 0.410 e. The standard InChI is InChI=1S/C35H40ClF3N4O5/c1-34(2,3)48-33(45)43-19-26(47-35(20-43)10-12-46-13-11-35)8-9-27-28(39)17-41-18-29(27)42-32(44)31(40)30(21-4-6-23(36)7-5-21)22-14-24(37)16-25(38)15-22/h4-7,14-18,26,30-31H,8-13,19-20,40H2,1-3H3,(H,42,44)/t26?,30-,31-/m0/s1. The van der Waals surface area contributed by atoms with Crippen LogP contribution in [-0.2, 0) is 25.4 Å². The number of hydrogen-bond acceptors (Lipinski definition) is 7. The molecule has 0 radical (unpaired) electrons. The van der Waals surface area contributed by atoms with Gasteiger partial charge in [-0.1, -0.05) is 23.7 Å². The van der Waals surface area contributed by atoms with Crippen molar-refractivity contribution < 1.29 is 37.0 Å². The van der Waals surface area contributed by atoms with Crippen LogP contribution in [0.15, 0.2) is 54.9 Å². The number of pyridine rings is 1. The van der Waals surface area contributed by atoms with Crippen LogP contribution < -0.4 is 11.1 Å². The summed E-state index contributed by atoms with van der Waals surface area (Å²) in [5, 5.41) is 3.11. The van der Waals surface area contributed by atoms with Crippen molar-refractivity contribution in [3.63, 3.8) is 0 Å². The van der Waals surface area contributed by atoms with Crippen LogP contribution in [-0.4, -0.2) is 71.5 Å². The molecule has 3 atom stereocenters. The van der Waals surface area contributed by atoms with Crippen molar-refractivity contribution in [3.8, 4) is 0 Å². The van der Waals surface area contributed by atoms with Gasteiger partial charge in [0.05, 0.1) is 48.9 Å². The van der Waals surface area contributed by atoms with E-state index in [1.54, 1.807) is 49.9 Å². The number of nitrogens with two attached hydrogens (primary N) is 1. The van der Waals surface area contributed by atoms with Crippen LogP contribution >= 0.6 is 11.6 Å². The minimum Gasteiger partial charge on any atom is -0.444 e. The van der Waals surface area contributed by atoms with Gasteiger partial charge in [0.25, 0.3) is 0 Å². The highest BCUT2D eigenvalue weighted by molar-refractivity contribution is 6.30. The van der Waals surface area contributed by atoms with Gasteiger partial charge in [-0.2, -0.15) is 0 Å². The zero-order valence-corrected chi connectivity index (χ0v) is 27.9. The first-order chi connectivity index (χ1) is 22.7. The molecule has 0 saturated carbocycles. The predicted octanol–water partition coefficient (Wildman–Crippen LogP) is 6.37. The fourth-order valence-corrected chi connectivity index (χ4v) is 6.38. The molecule has 1 unspecified atom stereocenters. The molecule has 1 aromatic heterocycles. The number of ether oxygens (including phenoxy) is 3. The Morgan fingerprint density at radius 1 is 1.08 bits per heavy atom. The number of carbonyl (C=O) groups excluding carboxylic acids is 2. The smallest absolute Gasteiger partial charge is 0.410 e. The molecule has 2 aliphatic rings. The van der Waals surface area contributed by atoms with Gasteiger partial charge in [-0.25, -0.2) is 18.0 Å². The molecule has 48 heavy (non-hydrogen) atoms. The SMILES string of the molecule is CC(C)(C)OC(=O)N1CC(CCc2c(F)cncc2NC(=O)[C@@H](N)[C@@H](c2ccc(Cl)cc2)c2cc(F)cc(F)c2)OC2(CCOCC2)C1. The molecular formula is C35H40ClF3N4O5. The van der Waals surface area contributed by atoms with Crippen LogP contribution in [0.4, 0.5) is 23.7 Å². The van der Waals surface area contributed by atoms with E-state index in [4.69, 9.17) is 31.5 Å². The molecule has 3 heterocycles. The third kappa shape index (κ3) is 8.84. The molecule has 9 nitrogen and oxygen atoms in total. The second-order valence-electron chi connectivity index (χ2n) is 13.3. The number of halogens is 4. The number of aromatic nitrogens is 1. The van der Waals surface area contributed by atoms with Gasteiger partial charge in [0, 0.05) is 48.6 Å². The van der Waals surface area contributed by atoms with Gasteiger partial charge in [-0.15, -0.1) is 0 Å². The summed E-state index contributed by atoms with van der Waals surface area (Å²) < 4.78 is 61.6. The molecule has 2 aromatic carbocycles. The quantitative estimate of drug-likeness (QED) is 0.283. The Morgan fingerprint density at radius 3 is 2.40 bits per heavy atom. The normalized spacial score (nSPS) is 19.1. The Bertz CT molecular complexity index is 1590. The van der Waals surface area contributed by atoms with E-state index in [1.165, 1.54) is 6.20 Å². The lowest BCUT2D eigenvalue weighted by atomic mass is 9.84. The topological polar surface area (TPSA) is 116 Å². The van der Waals surface area contributed by atoms with E-state index in [-0.39, 0.29) is 29.8 Å². The fraction of sp³-hybridized carbons (Fsp3) is 0.457. The summed E-state index contributed by atoms with van der Waals surface area (Å²) in [6.45, 7) is 6.98. The number of carbonyl (C=O) groups is 2. The van der Waals surface area contributed by atoms with E-state index in [0.717, 1.165) is 24.4 Å². The summed E-state index contributed by atoms with van der Waals surface area (Å²) in [6, 6.07) is 8.01. The molecule has 3 aromatic rings. The molecule has 1 spiro atoms. The first kappa shape index (κ1) is 35.6. The number of benzene rings is 2. The van der Waals surface area contributed by atoms with Crippen molar-refractivity contribution in [2.24, 2.45) is 5.73 Å². The maximum absolute atomic E-state index is 15.3. The molecule has 2 amide bonds. The van der Waals surface area contributed by atoms with Gasteiger partial charge < -0.3 is 30.2 Å². The number of morpholine rings is 1. The first-order valence-electron chi connectivity index (χ1n) is 15.9. The van der Waals surface area contributed by atoms with Crippen molar-refractivity contribution >= 4 is 29.3 Å². The van der Waals surface area contributed by atoms with Gasteiger partial charge in [0.1, 0.15) is 23.1 Å². The van der Waals surface area contributed by atoms with Crippen LogP contribution in [0.25, 0.3) is 0 Å². The number of nitrogens with one attached hydrogen (secondary N) is 1. The minimum absolute atomic E-state index is 0.0938. The third-order valence-corrected chi connectivity index (χ3v) is 8.74. The molecule has 13 heteroatoms. The summed E-state index contributed by atoms with van der Waals surface area (Å²) >= 11 is 6.06. The Morgan fingerprint density at radius 2 is 1.75 bits per heavy atom. The van der Waals surface area contributed by atoms with Crippen LogP contribution in [0.1, 0.15) is 62.6 Å². The highest BCUT2D eigenvalue weighted by Crippen LogP contribution is 2.35. The van der Waals surface area contributed by atoms with E-state index in [0.29, 0.717) is 49.6 Å². The Kier molecular flexibility index (Phi) is 11.0. The fourth-order valence-electron chi connectivity index (χ4n) is 6.25. The van der Waals surface area contributed by atoms with Crippen LogP contribution in [0.5, 0.6) is 0 Å². The van der Waals surface area contributed by atoms with E-state index >= 15 is 4.39 Å². The zero-order chi connectivity index (χ0) is 34.6. The lowest BCUT2D eigenvalue weighted by Gasteiger charge is -2.48. The highest BCUT2D eigenvalue weighted by atomic mass is 35.5. The van der Waals surface area contributed by atoms with E-state index in [1.807, 2.05) is 0 Å². The molecule has 258 valence electrons. The maximum atomic E-state index is 15.3. The van der Waals surface area contributed by atoms with Crippen molar-refractivity contribution in [3.05, 3.63) is 94.0 Å². The molecular weight excluding hydrogens is 649 g/mol. The van der Waals surface area contributed by atoms with E-state index < -0.39 is 58.7 Å². The molecule has 3 N–H and O–H groups in total. The molecule has 2 saturated heterocycles. The monoisotopic (exact) mass is 688 g/mol. The van der Waals surface area contributed by atoms with Gasteiger partial charge in [-0.05, 0) is 69.0 Å². The van der Waals surface area contributed by atoms with Crippen LogP contribution in [0, 0.1) is 17.5 Å². The van der Waals surface area contributed by atoms with Crippen molar-refractivity contribution in [1.82, 2.24) is 9.88 Å². The van der Waals surface area contributed by atoms with Crippen molar-refractivity contribution in [2.75, 3.05) is 31.6 Å². The number of nitrogens with zero attached hydrogens (tertiary/aromatic N) is 2. The van der Waals surface area contributed by atoms with Crippen LogP contribution in [0.2, 0.25) is 5.02 Å². The Balaban J connectivity index is 1.35. The summed E-state index contributed by atoms with van der Waals surface area (Å²) in [5.74, 6) is -4.00. The second-order valence-corrected chi connectivity index (χ2v) is 13.8. The molecule has 5 rings (SSSR count). The number of anilines is 1. The zero-order valence-electron chi connectivity index (χ0n) is 27.1. The van der Waals surface area contributed by atoms with Gasteiger partial charge in [-0.3, -0.25) is 9.78 Å². The number of hydrogen-bond donors (Lipinski definition) is 2. The van der Waals surface area contributed by atoms with Gasteiger partial charge >= 0.3 is 6.09 Å². The average molecular weight is 689 g/mol. The first-order valence-corrected chi connectivity index (χ1v) is 16.2. The molecule has 0 bridgehead atoms. The third-order valence-electron chi connectivity index (χ3n) is 8.49. The summed E-state index contributed by atoms with van der Waals surface area (Å²) in [4.78, 5) is 32.3. The summed E-state index contributed by atoms with van der Waals surface area (Å²) in [6.07, 6.45) is 3.09. The molecule has 2 aliphatic heterocycles. The highest BCUT2D eigenvalue weighted by Gasteiger charge is 2.44. The van der Waals surface area contributed by atoms with Crippen molar-refractivity contribution in [2.45, 2.75) is 75.7 Å². The van der Waals surface area contributed by atoms with Gasteiger partial charge in [0.2, 0.25) is 5.91 Å². The molecule has 2 fully saturated rings. The van der Waals surface area contributed by atoms with Crippen LogP contribution in [0.3, 0.4) is 0 Å². The Labute approximate surface area is 282 Å². The Hall–Kier alpha value is -3.71. The van der Waals surface area contributed by atoms with Crippen molar-refractivity contribution in [1.29, 1.82) is 0 Å². The van der Waals surface area contributed by atoms with E-state index in [9.17, 15) is 18.4 Å². The lowest BCUT2D eigenvalue weighted by Crippen LogP contribution is -2.59. The minimum atomic E-state index is -1.35. The van der Waals surface area contributed by atoms with Gasteiger partial charge in [0.15, 0.2) is 0 Å². The van der Waals surface area contributed by atoms with E-state index in [2.05, 4.69) is 10.3 Å². The summed E-state index contributed by atoms with van der Waals surface area (Å²) in [7, 11) is 0. The predicted molar refractivity (Wildman–Crippen MR) is 174 cm³/mol. The average Bonchev–Trinajstić information content (AvgIpc) is 3.00.